The fourth-order valence-corrected chi connectivity index (χ4v) is 11.8. The van der Waals surface area contributed by atoms with Gasteiger partial charge in [0, 0.05) is 12.3 Å². The summed E-state index contributed by atoms with van der Waals surface area (Å²) in [5.41, 5.74) is 1.49. The number of aromatic amines is 1. The van der Waals surface area contributed by atoms with Crippen LogP contribution in [0, 0.1) is 11.5 Å². The number of rotatable bonds is 7. The lowest BCUT2D eigenvalue weighted by Gasteiger charge is -2.42. The van der Waals surface area contributed by atoms with Crippen molar-refractivity contribution in [2.75, 3.05) is 6.61 Å². The van der Waals surface area contributed by atoms with Gasteiger partial charge in [0.15, 0.2) is 20.1 Å². The maximum absolute atomic E-state index is 12.7. The summed E-state index contributed by atoms with van der Waals surface area (Å²) in [6, 6.07) is 1.22. The largest absolute Gasteiger partial charge is 0.405 e. The van der Waals surface area contributed by atoms with Crippen LogP contribution in [0.5, 0.6) is 0 Å². The predicted molar refractivity (Wildman–Crippen MR) is 148 cm³/mol. The maximum Gasteiger partial charge on any atom is 0.330 e. The second-order valence-corrected chi connectivity index (χ2v) is 22.8. The summed E-state index contributed by atoms with van der Waals surface area (Å²) in [5.74, 6) is 3.19. The molecule has 0 saturated carbocycles. The predicted octanol–water partition coefficient (Wildman–Crippen LogP) is 3.77. The number of nitrogens with zero attached hydrogens (tertiary/aromatic N) is 1. The first kappa shape index (κ1) is 30.7. The number of aliphatic hydroxyl groups is 2. The van der Waals surface area contributed by atoms with Crippen molar-refractivity contribution >= 4 is 16.4 Å². The Bertz CT molecular complexity index is 1070. The van der Waals surface area contributed by atoms with Gasteiger partial charge in [-0.15, -0.1) is 5.54 Å². The van der Waals surface area contributed by atoms with Crippen molar-refractivity contribution in [1.29, 1.82) is 0 Å². The Hall–Kier alpha value is -1.49. The van der Waals surface area contributed by atoms with Crippen LogP contribution in [0.1, 0.15) is 68.5 Å². The van der Waals surface area contributed by atoms with E-state index in [9.17, 15) is 19.8 Å². The second kappa shape index (κ2) is 10.7. The van der Waals surface area contributed by atoms with Crippen molar-refractivity contribution in [3.05, 3.63) is 33.1 Å². The van der Waals surface area contributed by atoms with Crippen LogP contribution in [0.4, 0.5) is 0 Å². The van der Waals surface area contributed by atoms with Crippen LogP contribution in [-0.4, -0.2) is 60.6 Å². The van der Waals surface area contributed by atoms with Gasteiger partial charge in [0.05, 0.1) is 6.61 Å². The van der Waals surface area contributed by atoms with Crippen LogP contribution in [0.2, 0.25) is 34.8 Å². The number of aliphatic hydroxyl groups excluding tert-OH is 1. The summed E-state index contributed by atoms with van der Waals surface area (Å²) in [6.07, 6.45) is -1.89. The van der Waals surface area contributed by atoms with Gasteiger partial charge in [-0.2, -0.15) is 0 Å². The van der Waals surface area contributed by atoms with Crippen molar-refractivity contribution in [1.82, 2.24) is 9.55 Å². The van der Waals surface area contributed by atoms with Crippen molar-refractivity contribution < 1.29 is 19.4 Å². The van der Waals surface area contributed by atoms with E-state index in [2.05, 4.69) is 91.9 Å². The lowest BCUT2D eigenvalue weighted by atomic mass is 9.93. The van der Waals surface area contributed by atoms with Gasteiger partial charge >= 0.3 is 5.69 Å². The molecule has 0 bridgehead atoms. The molecule has 0 radical (unpaired) electrons. The van der Waals surface area contributed by atoms with E-state index < -0.39 is 58.3 Å². The molecule has 1 fully saturated rings. The lowest BCUT2D eigenvalue weighted by Crippen LogP contribution is -2.56. The van der Waals surface area contributed by atoms with Gasteiger partial charge in [0.25, 0.3) is 5.56 Å². The van der Waals surface area contributed by atoms with Crippen molar-refractivity contribution in [3.8, 4) is 11.5 Å². The number of aromatic nitrogens is 2. The summed E-state index contributed by atoms with van der Waals surface area (Å²) in [5, 5.41) is 22.3. The molecular weight excluding hydrogens is 492 g/mol. The Morgan fingerprint density at radius 1 is 1.14 bits per heavy atom. The highest BCUT2D eigenvalue weighted by Crippen LogP contribution is 2.46. The molecule has 0 amide bonds. The highest BCUT2D eigenvalue weighted by Gasteiger charge is 2.59. The van der Waals surface area contributed by atoms with E-state index in [0.717, 1.165) is 0 Å². The van der Waals surface area contributed by atoms with E-state index in [1.165, 1.54) is 16.8 Å². The molecule has 0 aliphatic carbocycles. The molecule has 1 aliphatic rings. The second-order valence-electron chi connectivity index (χ2n) is 12.5. The number of hydrogen-bond donors (Lipinski definition) is 3. The third-order valence-corrected chi connectivity index (χ3v) is 19.1. The lowest BCUT2D eigenvalue weighted by molar-refractivity contribution is -0.0624. The van der Waals surface area contributed by atoms with Gasteiger partial charge < -0.3 is 19.4 Å². The fraction of sp³-hybridized carbons (Fsp3) is 0.769. The minimum atomic E-state index is -2.51. The first-order valence-corrected chi connectivity index (χ1v) is 18.0. The quantitative estimate of drug-likeness (QED) is 0.360. The van der Waals surface area contributed by atoms with Crippen LogP contribution < -0.4 is 11.2 Å². The van der Waals surface area contributed by atoms with E-state index in [1.54, 1.807) is 0 Å². The Morgan fingerprint density at radius 2 is 1.67 bits per heavy atom. The molecule has 0 spiro atoms. The van der Waals surface area contributed by atoms with Gasteiger partial charge in [0.2, 0.25) is 0 Å². The van der Waals surface area contributed by atoms with Crippen LogP contribution >= 0.6 is 0 Å². The monoisotopic (exact) mass is 538 g/mol. The zero-order valence-corrected chi connectivity index (χ0v) is 25.8. The number of ether oxygens (including phenoxy) is 1. The first-order valence-electron chi connectivity index (χ1n) is 12.9. The molecule has 2 heterocycles. The van der Waals surface area contributed by atoms with Gasteiger partial charge in [-0.1, -0.05) is 68.2 Å². The average molecular weight is 539 g/mol. The SMILES string of the molecule is CC(C)[Si](C#C[C@@]1(O)[C@@H](CO)O[C@@H](n2ccc(=O)[nH]c2=O)[C@@H]1O[Si](C)(C)C(C)(C)C)(C(C)C)C(C)C. The average Bonchev–Trinajstić information content (AvgIpc) is 2.98. The summed E-state index contributed by atoms with van der Waals surface area (Å²) in [7, 11) is -4.76. The molecule has 3 N–H and O–H groups in total. The molecule has 1 aliphatic heterocycles. The highest BCUT2D eigenvalue weighted by molar-refractivity contribution is 6.90. The van der Waals surface area contributed by atoms with Gasteiger partial charge in [-0.3, -0.25) is 14.3 Å². The van der Waals surface area contributed by atoms with Crippen LogP contribution in [0.3, 0.4) is 0 Å². The molecule has 2 rings (SSSR count). The Morgan fingerprint density at radius 3 is 2.08 bits per heavy atom. The molecule has 204 valence electrons. The van der Waals surface area contributed by atoms with Gasteiger partial charge in [-0.25, -0.2) is 4.79 Å². The van der Waals surface area contributed by atoms with Gasteiger partial charge in [-0.05, 0) is 34.8 Å². The molecule has 4 atom stereocenters. The zero-order valence-electron chi connectivity index (χ0n) is 23.8. The first-order chi connectivity index (χ1) is 16.3. The summed E-state index contributed by atoms with van der Waals surface area (Å²) in [6.45, 7) is 23.0. The topological polar surface area (TPSA) is 114 Å². The van der Waals surface area contributed by atoms with Crippen molar-refractivity contribution in [2.45, 2.75) is 121 Å². The van der Waals surface area contributed by atoms with E-state index in [0.29, 0.717) is 16.6 Å². The molecular formula is C26H46N2O6Si2. The Balaban J connectivity index is 2.81. The number of H-pyrrole nitrogens is 1. The van der Waals surface area contributed by atoms with E-state index in [1.807, 2.05) is 0 Å². The summed E-state index contributed by atoms with van der Waals surface area (Å²) >= 11 is 0. The van der Waals surface area contributed by atoms with Crippen LogP contribution in [0.25, 0.3) is 0 Å². The van der Waals surface area contributed by atoms with E-state index >= 15 is 0 Å². The normalized spacial score (nSPS) is 25.5. The van der Waals surface area contributed by atoms with Gasteiger partial charge in [0.1, 0.15) is 20.3 Å². The highest BCUT2D eigenvalue weighted by atomic mass is 28.4. The van der Waals surface area contributed by atoms with Crippen molar-refractivity contribution in [3.63, 3.8) is 0 Å². The number of hydrogen-bond acceptors (Lipinski definition) is 6. The molecule has 0 unspecified atom stereocenters. The van der Waals surface area contributed by atoms with Crippen molar-refractivity contribution in [2.24, 2.45) is 0 Å². The molecule has 10 heteroatoms. The summed E-state index contributed by atoms with van der Waals surface area (Å²) < 4.78 is 14.0. The zero-order chi connectivity index (χ0) is 27.9. The third-order valence-electron chi connectivity index (χ3n) is 8.35. The Labute approximate surface area is 217 Å². The minimum absolute atomic E-state index is 0.203. The van der Waals surface area contributed by atoms with Crippen LogP contribution in [0.15, 0.2) is 21.9 Å². The Kier molecular flexibility index (Phi) is 9.14. The van der Waals surface area contributed by atoms with Crippen LogP contribution in [-0.2, 0) is 9.16 Å². The fourth-order valence-electron chi connectivity index (χ4n) is 5.20. The molecule has 1 aromatic heterocycles. The van der Waals surface area contributed by atoms with E-state index in [-0.39, 0.29) is 5.04 Å². The molecule has 1 saturated heterocycles. The smallest absolute Gasteiger partial charge is 0.330 e. The summed E-state index contributed by atoms with van der Waals surface area (Å²) in [4.78, 5) is 26.7. The minimum Gasteiger partial charge on any atom is -0.405 e. The standard InChI is InChI=1S/C26H46N2O6Si2/c1-17(2)36(18(3)4,19(5)6)15-13-26(32)20(16-29)33-23(28-14-12-21(30)27-24(28)31)22(26)34-35(10,11)25(7,8)9/h12,14,17-20,22-23,29,32H,16H2,1-11H3,(H,27,30,31)/t20-,22+,23-,26-/m1/s1. The third kappa shape index (κ3) is 5.52. The molecule has 8 nitrogen and oxygen atoms in total. The maximum atomic E-state index is 12.7. The molecule has 36 heavy (non-hydrogen) atoms. The van der Waals surface area contributed by atoms with E-state index in [4.69, 9.17) is 9.16 Å². The molecule has 1 aromatic rings. The number of nitrogens with one attached hydrogen (secondary N) is 1. The molecule has 0 aromatic carbocycles.